The number of nitrogens with one attached hydrogen (secondary N) is 1. The molecule has 1 aromatic rings. The number of aryl methyl sites for hydroxylation is 1. The largest absolute Gasteiger partial charge is 0.506 e. The molecule has 0 aromatic heterocycles. The van der Waals surface area contributed by atoms with Gasteiger partial charge in [0.05, 0.1) is 5.69 Å². The van der Waals surface area contributed by atoms with Crippen LogP contribution >= 0.6 is 0 Å². The Morgan fingerprint density at radius 3 is 2.60 bits per heavy atom. The maximum Gasteiger partial charge on any atom is 0.138 e. The maximum absolute atomic E-state index is 9.23. The molecular formula is C8H11NO. The van der Waals surface area contributed by atoms with Gasteiger partial charge in [0.15, 0.2) is 0 Å². The van der Waals surface area contributed by atoms with Gasteiger partial charge in [-0.15, -0.1) is 0 Å². The average Bonchev–Trinajstić information content (AvgIpc) is 1.88. The summed E-state index contributed by atoms with van der Waals surface area (Å²) < 4.78 is 0. The minimum Gasteiger partial charge on any atom is -0.506 e. The molecule has 0 amide bonds. The van der Waals surface area contributed by atoms with Crippen molar-refractivity contribution in [1.29, 1.82) is 0 Å². The van der Waals surface area contributed by atoms with Crippen molar-refractivity contribution in [3.05, 3.63) is 23.8 Å². The van der Waals surface area contributed by atoms with E-state index >= 15 is 0 Å². The third kappa shape index (κ3) is 1.21. The molecule has 1 aromatic carbocycles. The molecule has 0 saturated heterocycles. The Morgan fingerprint density at radius 1 is 1.40 bits per heavy atom. The molecular weight excluding hydrogens is 126 g/mol. The van der Waals surface area contributed by atoms with Crippen molar-refractivity contribution in [2.24, 2.45) is 0 Å². The lowest BCUT2D eigenvalue weighted by Gasteiger charge is -2.02. The fourth-order valence-corrected chi connectivity index (χ4v) is 0.853. The predicted octanol–water partition coefficient (Wildman–Crippen LogP) is 1.74. The lowest BCUT2D eigenvalue weighted by atomic mass is 10.2. The monoisotopic (exact) mass is 137 g/mol. The van der Waals surface area contributed by atoms with Crippen LogP contribution in [-0.4, -0.2) is 12.2 Å². The first-order chi connectivity index (χ1) is 4.74. The van der Waals surface area contributed by atoms with Gasteiger partial charge >= 0.3 is 0 Å². The van der Waals surface area contributed by atoms with Gasteiger partial charge in [0, 0.05) is 7.05 Å². The van der Waals surface area contributed by atoms with Crippen molar-refractivity contribution < 1.29 is 5.11 Å². The molecule has 0 saturated carbocycles. The zero-order chi connectivity index (χ0) is 7.56. The van der Waals surface area contributed by atoms with Crippen molar-refractivity contribution in [3.63, 3.8) is 0 Å². The number of hydrogen-bond acceptors (Lipinski definition) is 2. The second kappa shape index (κ2) is 2.60. The number of phenols is 1. The molecule has 0 aliphatic rings. The second-order valence-corrected chi connectivity index (χ2v) is 2.27. The number of phenolic OH excluding ortho intramolecular Hbond substituents is 1. The molecule has 0 bridgehead atoms. The lowest BCUT2D eigenvalue weighted by Crippen LogP contribution is -1.87. The molecule has 0 fully saturated rings. The van der Waals surface area contributed by atoms with Crippen LogP contribution < -0.4 is 5.32 Å². The van der Waals surface area contributed by atoms with E-state index in [4.69, 9.17) is 0 Å². The fraction of sp³-hybridized carbons (Fsp3) is 0.250. The molecule has 54 valence electrons. The van der Waals surface area contributed by atoms with E-state index in [0.717, 1.165) is 11.3 Å². The molecule has 0 unspecified atom stereocenters. The first-order valence-electron chi connectivity index (χ1n) is 3.21. The standard InChI is InChI=1S/C8H11NO/c1-6-3-4-7(9-2)8(10)5-6/h3-5,9-10H,1-2H3. The highest BCUT2D eigenvalue weighted by atomic mass is 16.3. The Bertz CT molecular complexity index is 233. The van der Waals surface area contributed by atoms with E-state index in [2.05, 4.69) is 5.32 Å². The average molecular weight is 137 g/mol. The Labute approximate surface area is 60.5 Å². The van der Waals surface area contributed by atoms with Gasteiger partial charge in [-0.2, -0.15) is 0 Å². The van der Waals surface area contributed by atoms with Crippen LogP contribution in [0.5, 0.6) is 5.75 Å². The molecule has 0 spiro atoms. The molecule has 2 N–H and O–H groups in total. The van der Waals surface area contributed by atoms with Gasteiger partial charge in [-0.1, -0.05) is 6.07 Å². The highest BCUT2D eigenvalue weighted by molar-refractivity contribution is 5.56. The van der Waals surface area contributed by atoms with Gasteiger partial charge in [0.2, 0.25) is 0 Å². The molecule has 2 heteroatoms. The SMILES string of the molecule is CNc1ccc(C)cc1O. The summed E-state index contributed by atoms with van der Waals surface area (Å²) in [7, 11) is 1.78. The quantitative estimate of drug-likeness (QED) is 0.578. The first-order valence-corrected chi connectivity index (χ1v) is 3.21. The Morgan fingerprint density at radius 2 is 2.10 bits per heavy atom. The Kier molecular flexibility index (Phi) is 1.81. The summed E-state index contributed by atoms with van der Waals surface area (Å²) in [6.07, 6.45) is 0. The second-order valence-electron chi connectivity index (χ2n) is 2.27. The number of aromatic hydroxyl groups is 1. The van der Waals surface area contributed by atoms with E-state index in [0.29, 0.717) is 5.75 Å². The van der Waals surface area contributed by atoms with Crippen molar-refractivity contribution in [2.75, 3.05) is 12.4 Å². The van der Waals surface area contributed by atoms with Crippen LogP contribution in [0.3, 0.4) is 0 Å². The first kappa shape index (κ1) is 6.93. The summed E-state index contributed by atoms with van der Waals surface area (Å²) in [4.78, 5) is 0. The molecule has 0 radical (unpaired) electrons. The molecule has 10 heavy (non-hydrogen) atoms. The predicted molar refractivity (Wildman–Crippen MR) is 42.4 cm³/mol. The van der Waals surface area contributed by atoms with Crippen LogP contribution in [-0.2, 0) is 0 Å². The summed E-state index contributed by atoms with van der Waals surface area (Å²) in [5.74, 6) is 0.308. The van der Waals surface area contributed by atoms with Gasteiger partial charge in [-0.05, 0) is 24.6 Å². The highest BCUT2D eigenvalue weighted by Gasteiger charge is 1.95. The number of hydrogen-bond donors (Lipinski definition) is 2. The molecule has 1 rings (SSSR count). The highest BCUT2D eigenvalue weighted by Crippen LogP contribution is 2.22. The fourth-order valence-electron chi connectivity index (χ4n) is 0.853. The minimum absolute atomic E-state index is 0.308. The van der Waals surface area contributed by atoms with Crippen LogP contribution in [0.1, 0.15) is 5.56 Å². The molecule has 0 aliphatic carbocycles. The Hall–Kier alpha value is -1.18. The van der Waals surface area contributed by atoms with Gasteiger partial charge in [0.25, 0.3) is 0 Å². The van der Waals surface area contributed by atoms with Crippen LogP contribution in [0.25, 0.3) is 0 Å². The zero-order valence-electron chi connectivity index (χ0n) is 6.18. The molecule has 2 nitrogen and oxygen atoms in total. The summed E-state index contributed by atoms with van der Waals surface area (Å²) in [5, 5.41) is 12.1. The van der Waals surface area contributed by atoms with Crippen LogP contribution in [0, 0.1) is 6.92 Å². The summed E-state index contributed by atoms with van der Waals surface area (Å²) in [5.41, 5.74) is 1.84. The number of benzene rings is 1. The van der Waals surface area contributed by atoms with Crippen LogP contribution in [0.15, 0.2) is 18.2 Å². The molecule has 0 atom stereocenters. The van der Waals surface area contributed by atoms with Crippen LogP contribution in [0.2, 0.25) is 0 Å². The number of anilines is 1. The summed E-state index contributed by atoms with van der Waals surface area (Å²) in [6.45, 7) is 1.94. The van der Waals surface area contributed by atoms with Gasteiger partial charge < -0.3 is 10.4 Å². The maximum atomic E-state index is 9.23. The van der Waals surface area contributed by atoms with E-state index in [-0.39, 0.29) is 0 Å². The third-order valence-electron chi connectivity index (χ3n) is 1.42. The molecule has 0 heterocycles. The summed E-state index contributed by atoms with van der Waals surface area (Å²) >= 11 is 0. The topological polar surface area (TPSA) is 32.3 Å². The zero-order valence-corrected chi connectivity index (χ0v) is 6.18. The Balaban J connectivity index is 3.07. The van der Waals surface area contributed by atoms with Crippen molar-refractivity contribution in [2.45, 2.75) is 6.92 Å². The lowest BCUT2D eigenvalue weighted by molar-refractivity contribution is 0.477. The van der Waals surface area contributed by atoms with E-state index in [1.807, 2.05) is 19.1 Å². The third-order valence-corrected chi connectivity index (χ3v) is 1.42. The van der Waals surface area contributed by atoms with Crippen molar-refractivity contribution in [1.82, 2.24) is 0 Å². The number of rotatable bonds is 1. The van der Waals surface area contributed by atoms with Crippen molar-refractivity contribution in [3.8, 4) is 5.75 Å². The molecule has 0 aliphatic heterocycles. The summed E-state index contributed by atoms with van der Waals surface area (Å²) in [6, 6.07) is 5.53. The minimum atomic E-state index is 0.308. The van der Waals surface area contributed by atoms with E-state index in [9.17, 15) is 5.11 Å². The normalized spacial score (nSPS) is 9.40. The van der Waals surface area contributed by atoms with Gasteiger partial charge in [-0.25, -0.2) is 0 Å². The van der Waals surface area contributed by atoms with E-state index in [1.165, 1.54) is 0 Å². The van der Waals surface area contributed by atoms with Crippen LogP contribution in [0.4, 0.5) is 5.69 Å². The van der Waals surface area contributed by atoms with Gasteiger partial charge in [-0.3, -0.25) is 0 Å². The van der Waals surface area contributed by atoms with Crippen molar-refractivity contribution >= 4 is 5.69 Å². The van der Waals surface area contributed by atoms with E-state index < -0.39 is 0 Å². The smallest absolute Gasteiger partial charge is 0.138 e. The van der Waals surface area contributed by atoms with Gasteiger partial charge in [0.1, 0.15) is 5.75 Å². The van der Waals surface area contributed by atoms with E-state index in [1.54, 1.807) is 13.1 Å².